The number of rotatable bonds is 4. The third kappa shape index (κ3) is 4.49. The highest BCUT2D eigenvalue weighted by Gasteiger charge is 2.28. The molecule has 0 saturated heterocycles. The van der Waals surface area contributed by atoms with Gasteiger partial charge in [0.2, 0.25) is 0 Å². The third-order valence-electron chi connectivity index (χ3n) is 5.55. The van der Waals surface area contributed by atoms with E-state index in [1.54, 1.807) is 6.20 Å². The molecule has 4 heteroatoms. The molecule has 0 spiro atoms. The van der Waals surface area contributed by atoms with Crippen molar-refractivity contribution >= 4 is 11.4 Å². The number of allylic oxidation sites excluding steroid dienone is 4. The predicted molar refractivity (Wildman–Crippen MR) is 103 cm³/mol. The molecule has 0 bridgehead atoms. The zero-order valence-electron chi connectivity index (χ0n) is 15.3. The minimum atomic E-state index is -0.174. The molecule has 0 unspecified atom stereocenters. The zero-order valence-corrected chi connectivity index (χ0v) is 15.3. The van der Waals surface area contributed by atoms with Crippen molar-refractivity contribution in [2.24, 2.45) is 15.9 Å². The summed E-state index contributed by atoms with van der Waals surface area (Å²) in [5.74, 6) is 1.42. The second-order valence-corrected chi connectivity index (χ2v) is 7.31. The fourth-order valence-electron chi connectivity index (χ4n) is 4.11. The maximum atomic E-state index is 9.73. The fourth-order valence-corrected chi connectivity index (χ4v) is 4.11. The first kappa shape index (κ1) is 18.1. The molecule has 0 aromatic heterocycles. The van der Waals surface area contributed by atoms with Crippen LogP contribution in [0.2, 0.25) is 0 Å². The van der Waals surface area contributed by atoms with Crippen LogP contribution in [0.4, 0.5) is 0 Å². The van der Waals surface area contributed by atoms with Gasteiger partial charge in [-0.1, -0.05) is 25.8 Å². The predicted octanol–water partition coefficient (Wildman–Crippen LogP) is 4.37. The van der Waals surface area contributed by atoms with Crippen molar-refractivity contribution in [3.63, 3.8) is 0 Å². The van der Waals surface area contributed by atoms with Gasteiger partial charge in [0, 0.05) is 13.2 Å². The Labute approximate surface area is 151 Å². The number of aliphatic imine (C=N–C) groups is 2. The van der Waals surface area contributed by atoms with Gasteiger partial charge in [-0.25, -0.2) is 0 Å². The lowest BCUT2D eigenvalue weighted by molar-refractivity contribution is 0.0379. The highest BCUT2D eigenvalue weighted by molar-refractivity contribution is 6.52. The van der Waals surface area contributed by atoms with Gasteiger partial charge in [-0.2, -0.15) is 0 Å². The Morgan fingerprint density at radius 3 is 2.44 bits per heavy atom. The van der Waals surface area contributed by atoms with Crippen LogP contribution in [0.15, 0.2) is 46.2 Å². The van der Waals surface area contributed by atoms with Crippen LogP contribution in [0.25, 0.3) is 0 Å². The van der Waals surface area contributed by atoms with Crippen molar-refractivity contribution in [2.75, 3.05) is 7.05 Å². The van der Waals surface area contributed by atoms with Gasteiger partial charge in [-0.05, 0) is 62.2 Å². The average Bonchev–Trinajstić information content (AvgIpc) is 2.65. The van der Waals surface area contributed by atoms with E-state index in [4.69, 9.17) is 4.74 Å². The molecular weight excluding hydrogens is 312 g/mol. The van der Waals surface area contributed by atoms with Gasteiger partial charge in [-0.3, -0.25) is 9.98 Å². The van der Waals surface area contributed by atoms with Crippen LogP contribution < -0.4 is 0 Å². The first-order valence-corrected chi connectivity index (χ1v) is 9.65. The molecule has 3 aliphatic rings. The van der Waals surface area contributed by atoms with Crippen LogP contribution in [0.1, 0.15) is 57.8 Å². The van der Waals surface area contributed by atoms with E-state index in [9.17, 15) is 5.11 Å². The quantitative estimate of drug-likeness (QED) is 0.772. The molecule has 3 aliphatic carbocycles. The maximum absolute atomic E-state index is 9.73. The van der Waals surface area contributed by atoms with Gasteiger partial charge in [-0.15, -0.1) is 0 Å². The smallest absolute Gasteiger partial charge is 0.147 e. The summed E-state index contributed by atoms with van der Waals surface area (Å²) in [5, 5.41) is 9.73. The summed E-state index contributed by atoms with van der Waals surface area (Å²) in [6, 6.07) is 0. The first-order chi connectivity index (χ1) is 12.2. The molecule has 3 rings (SSSR count). The molecule has 0 amide bonds. The molecule has 0 atom stereocenters. The molecule has 136 valence electrons. The van der Waals surface area contributed by atoms with Crippen molar-refractivity contribution in [2.45, 2.75) is 70.0 Å². The molecule has 25 heavy (non-hydrogen) atoms. The highest BCUT2D eigenvalue weighted by Crippen LogP contribution is 2.34. The van der Waals surface area contributed by atoms with Crippen molar-refractivity contribution in [1.29, 1.82) is 0 Å². The summed E-state index contributed by atoms with van der Waals surface area (Å²) >= 11 is 0. The van der Waals surface area contributed by atoms with E-state index in [1.165, 1.54) is 37.7 Å². The first-order valence-electron chi connectivity index (χ1n) is 9.65. The van der Waals surface area contributed by atoms with Gasteiger partial charge in [0.05, 0.1) is 17.9 Å². The van der Waals surface area contributed by atoms with E-state index in [1.807, 2.05) is 7.05 Å². The zero-order chi connectivity index (χ0) is 17.6. The average molecular weight is 342 g/mol. The molecular formula is C21H30N2O2. The van der Waals surface area contributed by atoms with Gasteiger partial charge >= 0.3 is 0 Å². The Morgan fingerprint density at radius 1 is 1.08 bits per heavy atom. The van der Waals surface area contributed by atoms with Crippen molar-refractivity contribution < 1.29 is 9.84 Å². The Balaban J connectivity index is 1.84. The van der Waals surface area contributed by atoms with Crippen LogP contribution in [0.5, 0.6) is 0 Å². The third-order valence-corrected chi connectivity index (χ3v) is 5.55. The van der Waals surface area contributed by atoms with E-state index in [0.717, 1.165) is 42.9 Å². The van der Waals surface area contributed by atoms with Crippen molar-refractivity contribution in [1.82, 2.24) is 0 Å². The molecule has 0 aliphatic heterocycles. The molecule has 0 radical (unpaired) electrons. The van der Waals surface area contributed by atoms with E-state index >= 15 is 0 Å². The fraction of sp³-hybridized carbons (Fsp3) is 0.619. The monoisotopic (exact) mass is 342 g/mol. The topological polar surface area (TPSA) is 54.2 Å². The lowest BCUT2D eigenvalue weighted by Gasteiger charge is -2.30. The summed E-state index contributed by atoms with van der Waals surface area (Å²) < 4.78 is 6.35. The number of hydrogen-bond donors (Lipinski definition) is 1. The Hall–Kier alpha value is -1.68. The minimum Gasteiger partial charge on any atom is -0.488 e. The van der Waals surface area contributed by atoms with Gasteiger partial charge in [0.25, 0.3) is 0 Å². The second kappa shape index (κ2) is 8.61. The van der Waals surface area contributed by atoms with Crippen LogP contribution >= 0.6 is 0 Å². The number of aliphatic hydroxyl groups excluding tert-OH is 1. The van der Waals surface area contributed by atoms with Gasteiger partial charge in [0.15, 0.2) is 0 Å². The largest absolute Gasteiger partial charge is 0.488 e. The molecule has 0 heterocycles. The highest BCUT2D eigenvalue weighted by atomic mass is 16.5. The van der Waals surface area contributed by atoms with Crippen LogP contribution in [-0.2, 0) is 4.74 Å². The summed E-state index contributed by atoms with van der Waals surface area (Å²) in [6.07, 6.45) is 15.7. The molecule has 0 aromatic rings. The SMILES string of the molecule is C=CN=C1C(OC2CCC(O)CC2)=CC(C2CCCCC2)=CC1=NC. The number of ether oxygens (including phenoxy) is 1. The van der Waals surface area contributed by atoms with Crippen molar-refractivity contribution in [3.05, 3.63) is 36.3 Å². The molecule has 4 nitrogen and oxygen atoms in total. The molecule has 1 N–H and O–H groups in total. The van der Waals surface area contributed by atoms with Crippen LogP contribution in [-0.4, -0.2) is 35.8 Å². The minimum absolute atomic E-state index is 0.147. The lowest BCUT2D eigenvalue weighted by atomic mass is 9.81. The second-order valence-electron chi connectivity index (χ2n) is 7.31. The lowest BCUT2D eigenvalue weighted by Crippen LogP contribution is -2.29. The van der Waals surface area contributed by atoms with E-state index in [-0.39, 0.29) is 12.2 Å². The van der Waals surface area contributed by atoms with Crippen LogP contribution in [0, 0.1) is 5.92 Å². The normalized spacial score (nSPS) is 31.6. The number of aliphatic hydroxyl groups is 1. The molecule has 2 saturated carbocycles. The summed E-state index contributed by atoms with van der Waals surface area (Å²) in [4.78, 5) is 8.89. The number of hydrogen-bond acceptors (Lipinski definition) is 4. The Bertz CT molecular complexity index is 601. The van der Waals surface area contributed by atoms with E-state index < -0.39 is 0 Å². The Morgan fingerprint density at radius 2 is 1.80 bits per heavy atom. The maximum Gasteiger partial charge on any atom is 0.147 e. The van der Waals surface area contributed by atoms with Crippen molar-refractivity contribution in [3.8, 4) is 0 Å². The number of nitrogens with zero attached hydrogens (tertiary/aromatic N) is 2. The van der Waals surface area contributed by atoms with Gasteiger partial charge < -0.3 is 9.84 Å². The summed E-state index contributed by atoms with van der Waals surface area (Å²) in [5.41, 5.74) is 2.99. The van der Waals surface area contributed by atoms with Gasteiger partial charge in [0.1, 0.15) is 11.5 Å². The van der Waals surface area contributed by atoms with Crippen LogP contribution in [0.3, 0.4) is 0 Å². The summed E-state index contributed by atoms with van der Waals surface area (Å²) in [7, 11) is 1.81. The standard InChI is InChI=1S/C21H30N2O2/c1-3-23-21-19(22-2)13-16(15-7-5-4-6-8-15)14-20(21)25-18-11-9-17(24)10-12-18/h3,13-15,17-18,24H,1,4-12H2,2H3. The van der Waals surface area contributed by atoms with E-state index in [0.29, 0.717) is 5.92 Å². The molecule has 0 aromatic carbocycles. The summed E-state index contributed by atoms with van der Waals surface area (Å²) in [6.45, 7) is 3.74. The Kier molecular flexibility index (Phi) is 6.24. The van der Waals surface area contributed by atoms with E-state index in [2.05, 4.69) is 28.7 Å². The molecule has 2 fully saturated rings.